The van der Waals surface area contributed by atoms with Crippen molar-refractivity contribution in [2.24, 2.45) is 0 Å². The van der Waals surface area contributed by atoms with Crippen LogP contribution in [-0.2, 0) is 0 Å². The zero-order chi connectivity index (χ0) is 9.84. The number of hydrogen-bond acceptors (Lipinski definition) is 5. The van der Waals surface area contributed by atoms with Crippen molar-refractivity contribution in [2.45, 2.75) is 43.3 Å². The number of rotatable bonds is 4. The second-order valence-electron chi connectivity index (χ2n) is 3.34. The van der Waals surface area contributed by atoms with Crippen molar-refractivity contribution in [2.75, 3.05) is 5.32 Å². The molecular weight excluding hydrogens is 202 g/mol. The molecule has 0 aliphatic carbocycles. The molecular formula is C8H15N3S2. The van der Waals surface area contributed by atoms with Gasteiger partial charge in [-0.2, -0.15) is 0 Å². The molecule has 1 aromatic rings. The normalized spacial score (nSPS) is 11.2. The quantitative estimate of drug-likeness (QED) is 0.787. The first-order valence-electron chi connectivity index (χ1n) is 4.34. The highest BCUT2D eigenvalue weighted by Crippen LogP contribution is 2.28. The highest BCUT2D eigenvalue weighted by molar-refractivity contribution is 8.01. The zero-order valence-electron chi connectivity index (χ0n) is 8.37. The van der Waals surface area contributed by atoms with E-state index in [2.05, 4.69) is 43.2 Å². The van der Waals surface area contributed by atoms with Crippen molar-refractivity contribution in [3.63, 3.8) is 0 Å². The molecule has 0 amide bonds. The molecule has 3 nitrogen and oxygen atoms in total. The molecule has 0 spiro atoms. The Morgan fingerprint density at radius 1 is 1.23 bits per heavy atom. The SMILES string of the molecule is CC(C)Nc1nnc(SC(C)C)s1. The summed E-state index contributed by atoms with van der Waals surface area (Å²) < 4.78 is 1.04. The Labute approximate surface area is 87.3 Å². The maximum Gasteiger partial charge on any atom is 0.206 e. The number of nitrogens with one attached hydrogen (secondary N) is 1. The van der Waals surface area contributed by atoms with E-state index >= 15 is 0 Å². The van der Waals surface area contributed by atoms with Gasteiger partial charge in [0, 0.05) is 11.3 Å². The standard InChI is InChI=1S/C8H15N3S2/c1-5(2)9-7-10-11-8(13-7)12-6(3)4/h5-6H,1-4H3,(H,9,10). The summed E-state index contributed by atoms with van der Waals surface area (Å²) >= 11 is 3.37. The van der Waals surface area contributed by atoms with Gasteiger partial charge in [-0.15, -0.1) is 10.2 Å². The van der Waals surface area contributed by atoms with E-state index in [0.717, 1.165) is 9.47 Å². The molecule has 0 bridgehead atoms. The van der Waals surface area contributed by atoms with Gasteiger partial charge in [0.05, 0.1) is 0 Å². The first kappa shape index (κ1) is 10.8. The Balaban J connectivity index is 2.53. The second-order valence-corrected chi connectivity index (χ2v) is 6.14. The van der Waals surface area contributed by atoms with E-state index in [4.69, 9.17) is 0 Å². The minimum atomic E-state index is 0.421. The summed E-state index contributed by atoms with van der Waals surface area (Å²) in [7, 11) is 0. The average molecular weight is 217 g/mol. The maximum atomic E-state index is 4.08. The summed E-state index contributed by atoms with van der Waals surface area (Å²) in [4.78, 5) is 0. The summed E-state index contributed by atoms with van der Waals surface area (Å²) in [5, 5.41) is 12.8. The van der Waals surface area contributed by atoms with Crippen molar-refractivity contribution in [3.05, 3.63) is 0 Å². The molecule has 5 heteroatoms. The van der Waals surface area contributed by atoms with Crippen LogP contribution < -0.4 is 5.32 Å². The Morgan fingerprint density at radius 2 is 1.92 bits per heavy atom. The Morgan fingerprint density at radius 3 is 2.46 bits per heavy atom. The van der Waals surface area contributed by atoms with E-state index in [-0.39, 0.29) is 0 Å². The van der Waals surface area contributed by atoms with Crippen LogP contribution in [0.3, 0.4) is 0 Å². The predicted molar refractivity (Wildman–Crippen MR) is 59.7 cm³/mol. The third-order valence-electron chi connectivity index (χ3n) is 1.16. The van der Waals surface area contributed by atoms with Crippen molar-refractivity contribution in [1.82, 2.24) is 10.2 Å². The number of hydrogen-bond donors (Lipinski definition) is 1. The van der Waals surface area contributed by atoms with Crippen LogP contribution in [-0.4, -0.2) is 21.5 Å². The lowest BCUT2D eigenvalue weighted by Gasteiger charge is -2.03. The van der Waals surface area contributed by atoms with E-state index in [9.17, 15) is 0 Å². The number of nitrogens with zero attached hydrogens (tertiary/aromatic N) is 2. The van der Waals surface area contributed by atoms with Gasteiger partial charge in [-0.05, 0) is 13.8 Å². The first-order chi connectivity index (χ1) is 6.08. The zero-order valence-corrected chi connectivity index (χ0v) is 10.00. The lowest BCUT2D eigenvalue weighted by atomic mass is 10.4. The predicted octanol–water partition coefficient (Wildman–Crippen LogP) is 2.86. The molecule has 1 rings (SSSR count). The van der Waals surface area contributed by atoms with E-state index < -0.39 is 0 Å². The number of aromatic nitrogens is 2. The van der Waals surface area contributed by atoms with Crippen molar-refractivity contribution >= 4 is 28.2 Å². The lowest BCUT2D eigenvalue weighted by Crippen LogP contribution is -2.08. The topological polar surface area (TPSA) is 37.8 Å². The van der Waals surface area contributed by atoms with Crippen LogP contribution >= 0.6 is 23.1 Å². The first-order valence-corrected chi connectivity index (χ1v) is 6.04. The summed E-state index contributed by atoms with van der Waals surface area (Å²) in [6.07, 6.45) is 0. The Bertz CT molecular complexity index is 233. The summed E-state index contributed by atoms with van der Waals surface area (Å²) in [6.45, 7) is 8.50. The van der Waals surface area contributed by atoms with Gasteiger partial charge in [0.2, 0.25) is 5.13 Å². The maximum absolute atomic E-state index is 4.08. The van der Waals surface area contributed by atoms with Crippen LogP contribution in [0.2, 0.25) is 0 Å². The molecule has 0 aliphatic heterocycles. The molecule has 0 unspecified atom stereocenters. The second kappa shape index (κ2) is 4.81. The summed E-state index contributed by atoms with van der Waals surface area (Å²) in [5.41, 5.74) is 0. The molecule has 0 fully saturated rings. The molecule has 13 heavy (non-hydrogen) atoms. The van der Waals surface area contributed by atoms with Crippen LogP contribution in [0.25, 0.3) is 0 Å². The van der Waals surface area contributed by atoms with Gasteiger partial charge >= 0.3 is 0 Å². The highest BCUT2D eigenvalue weighted by Gasteiger charge is 2.06. The number of anilines is 1. The van der Waals surface area contributed by atoms with Crippen LogP contribution in [0.4, 0.5) is 5.13 Å². The fourth-order valence-electron chi connectivity index (χ4n) is 0.764. The van der Waals surface area contributed by atoms with Gasteiger partial charge in [-0.25, -0.2) is 0 Å². The third-order valence-corrected chi connectivity index (χ3v) is 3.10. The van der Waals surface area contributed by atoms with E-state index in [1.807, 2.05) is 0 Å². The molecule has 0 aliphatic rings. The molecule has 1 heterocycles. The fraction of sp³-hybridized carbons (Fsp3) is 0.750. The van der Waals surface area contributed by atoms with Crippen molar-refractivity contribution in [3.8, 4) is 0 Å². The van der Waals surface area contributed by atoms with E-state index in [0.29, 0.717) is 11.3 Å². The molecule has 1 aromatic heterocycles. The molecule has 0 saturated carbocycles. The Hall–Kier alpha value is -0.290. The van der Waals surface area contributed by atoms with Crippen LogP contribution in [0, 0.1) is 0 Å². The Kier molecular flexibility index (Phi) is 3.99. The minimum Gasteiger partial charge on any atom is -0.358 e. The van der Waals surface area contributed by atoms with E-state index in [1.54, 1.807) is 23.1 Å². The van der Waals surface area contributed by atoms with Gasteiger partial charge < -0.3 is 5.32 Å². The van der Waals surface area contributed by atoms with Gasteiger partial charge in [-0.3, -0.25) is 0 Å². The largest absolute Gasteiger partial charge is 0.358 e. The van der Waals surface area contributed by atoms with Crippen molar-refractivity contribution in [1.29, 1.82) is 0 Å². The average Bonchev–Trinajstić information content (AvgIpc) is 2.33. The van der Waals surface area contributed by atoms with Crippen LogP contribution in [0.1, 0.15) is 27.7 Å². The molecule has 0 atom stereocenters. The van der Waals surface area contributed by atoms with Gasteiger partial charge in [0.1, 0.15) is 0 Å². The van der Waals surface area contributed by atoms with Gasteiger partial charge in [-0.1, -0.05) is 36.9 Å². The fourth-order valence-corrected chi connectivity index (χ4v) is 2.89. The highest BCUT2D eigenvalue weighted by atomic mass is 32.2. The third kappa shape index (κ3) is 3.95. The van der Waals surface area contributed by atoms with Crippen molar-refractivity contribution < 1.29 is 0 Å². The number of thioether (sulfide) groups is 1. The molecule has 74 valence electrons. The monoisotopic (exact) mass is 217 g/mol. The molecule has 0 saturated heterocycles. The summed E-state index contributed by atoms with van der Waals surface area (Å²) in [6, 6.07) is 0.421. The molecule has 1 N–H and O–H groups in total. The molecule has 0 radical (unpaired) electrons. The lowest BCUT2D eigenvalue weighted by molar-refractivity contribution is 0.883. The van der Waals surface area contributed by atoms with Gasteiger partial charge in [0.15, 0.2) is 4.34 Å². The van der Waals surface area contributed by atoms with Crippen LogP contribution in [0.5, 0.6) is 0 Å². The van der Waals surface area contributed by atoms with Crippen LogP contribution in [0.15, 0.2) is 4.34 Å². The smallest absolute Gasteiger partial charge is 0.206 e. The van der Waals surface area contributed by atoms with Gasteiger partial charge in [0.25, 0.3) is 0 Å². The van der Waals surface area contributed by atoms with E-state index in [1.165, 1.54) is 0 Å². The molecule has 0 aromatic carbocycles. The summed E-state index contributed by atoms with van der Waals surface area (Å²) in [5.74, 6) is 0. The minimum absolute atomic E-state index is 0.421.